The third-order valence-electron chi connectivity index (χ3n) is 3.22. The number of carbonyl (C=O) groups excluding carboxylic acids is 1. The van der Waals surface area contributed by atoms with E-state index in [0.29, 0.717) is 5.56 Å². The highest BCUT2D eigenvalue weighted by Gasteiger charge is 2.66. The maximum atomic E-state index is 13.1. The Bertz CT molecular complexity index is 474. The average Bonchev–Trinajstić information content (AvgIpc) is 2.84. The van der Waals surface area contributed by atoms with Gasteiger partial charge in [-0.3, -0.25) is 4.79 Å². The normalized spacial score (nSPS) is 32.3. The first-order chi connectivity index (χ1) is 7.07. The van der Waals surface area contributed by atoms with Crippen molar-refractivity contribution in [1.82, 2.24) is 0 Å². The molecule has 2 heterocycles. The van der Waals surface area contributed by atoms with Gasteiger partial charge in [-0.15, -0.1) is 0 Å². The molecule has 3 rings (SSSR count). The highest BCUT2D eigenvalue weighted by Crippen LogP contribution is 2.55. The Morgan fingerprint density at radius 2 is 2.20 bits per heavy atom. The van der Waals surface area contributed by atoms with E-state index in [1.165, 1.54) is 17.0 Å². The summed E-state index contributed by atoms with van der Waals surface area (Å²) in [4.78, 5) is 13.5. The molecule has 0 radical (unpaired) electrons. The van der Waals surface area contributed by atoms with Gasteiger partial charge in [0.25, 0.3) is 5.91 Å². The van der Waals surface area contributed by atoms with Crippen molar-refractivity contribution in [3.05, 3.63) is 29.6 Å². The molecule has 3 nitrogen and oxygen atoms in total. The van der Waals surface area contributed by atoms with Crippen LogP contribution in [0.2, 0.25) is 0 Å². The maximum absolute atomic E-state index is 13.1. The third-order valence-corrected chi connectivity index (χ3v) is 3.22. The first kappa shape index (κ1) is 8.85. The van der Waals surface area contributed by atoms with Gasteiger partial charge in [0.2, 0.25) is 0 Å². The van der Waals surface area contributed by atoms with E-state index in [2.05, 4.69) is 0 Å². The number of carbonyl (C=O) groups is 1. The fourth-order valence-corrected chi connectivity index (χ4v) is 2.32. The number of likely N-dealkylation sites (N-methyl/N-ethyl adjacent to an activating group) is 1. The zero-order chi connectivity index (χ0) is 10.8. The Kier molecular flexibility index (Phi) is 1.41. The van der Waals surface area contributed by atoms with Gasteiger partial charge < -0.3 is 9.64 Å². The molecule has 1 aromatic rings. The van der Waals surface area contributed by atoms with Crippen LogP contribution in [0.15, 0.2) is 18.2 Å². The largest absolute Gasteiger partial charge is 0.351 e. The monoisotopic (exact) mass is 207 g/mol. The molecule has 4 heteroatoms. The minimum Gasteiger partial charge on any atom is -0.351 e. The number of amides is 1. The summed E-state index contributed by atoms with van der Waals surface area (Å²) in [6.07, 6.45) is -0.157. The van der Waals surface area contributed by atoms with Gasteiger partial charge in [0.05, 0.1) is 11.8 Å². The lowest BCUT2D eigenvalue weighted by Gasteiger charge is -2.08. The van der Waals surface area contributed by atoms with Crippen molar-refractivity contribution in [3.63, 3.8) is 0 Å². The summed E-state index contributed by atoms with van der Waals surface area (Å²) in [6, 6.07) is 4.36. The summed E-state index contributed by atoms with van der Waals surface area (Å²) in [5.41, 5.74) is 0.500. The molecule has 0 bridgehead atoms. The number of anilines is 1. The standard InChI is InChI=1S/C11H10FNO2/c1-6-11(15-6)8-5-7(12)3-4-9(8)13(2)10(11)14/h3-6H,1-2H3/t6-,11+/m0/s1. The molecule has 2 aliphatic rings. The van der Waals surface area contributed by atoms with Gasteiger partial charge in [0.15, 0.2) is 5.60 Å². The van der Waals surface area contributed by atoms with Crippen LogP contribution in [0.1, 0.15) is 12.5 Å². The van der Waals surface area contributed by atoms with Gasteiger partial charge in [-0.1, -0.05) is 0 Å². The predicted octanol–water partition coefficient (Wildman–Crippen LogP) is 1.42. The Morgan fingerprint density at radius 3 is 2.80 bits per heavy atom. The Labute approximate surface area is 86.4 Å². The summed E-state index contributed by atoms with van der Waals surface area (Å²) < 4.78 is 18.5. The molecular weight excluding hydrogens is 197 g/mol. The van der Waals surface area contributed by atoms with Crippen LogP contribution in [0.3, 0.4) is 0 Å². The molecule has 15 heavy (non-hydrogen) atoms. The van der Waals surface area contributed by atoms with Crippen LogP contribution >= 0.6 is 0 Å². The van der Waals surface area contributed by atoms with Gasteiger partial charge in [-0.25, -0.2) is 4.39 Å². The molecule has 1 spiro atoms. The van der Waals surface area contributed by atoms with Gasteiger partial charge >= 0.3 is 0 Å². The lowest BCUT2D eigenvalue weighted by atomic mass is 9.97. The van der Waals surface area contributed by atoms with E-state index >= 15 is 0 Å². The number of halogens is 1. The Hall–Kier alpha value is -1.42. The molecule has 1 amide bonds. The smallest absolute Gasteiger partial charge is 0.266 e. The Balaban J connectivity index is 2.25. The molecule has 0 aliphatic carbocycles. The molecule has 0 unspecified atom stereocenters. The summed E-state index contributed by atoms with van der Waals surface area (Å²) in [6.45, 7) is 1.83. The number of hydrogen-bond acceptors (Lipinski definition) is 2. The second-order valence-electron chi connectivity index (χ2n) is 4.02. The molecule has 1 fully saturated rings. The number of nitrogens with zero attached hydrogens (tertiary/aromatic N) is 1. The maximum Gasteiger partial charge on any atom is 0.266 e. The van der Waals surface area contributed by atoms with Crippen LogP contribution in [0, 0.1) is 5.82 Å². The molecule has 0 aromatic heterocycles. The minimum atomic E-state index is -0.897. The van der Waals surface area contributed by atoms with Crippen molar-refractivity contribution >= 4 is 11.6 Å². The van der Waals surface area contributed by atoms with Gasteiger partial charge in [-0.05, 0) is 25.1 Å². The van der Waals surface area contributed by atoms with Crippen molar-refractivity contribution in [3.8, 4) is 0 Å². The quantitative estimate of drug-likeness (QED) is 0.603. The highest BCUT2D eigenvalue weighted by atomic mass is 19.1. The molecule has 2 atom stereocenters. The summed E-state index contributed by atoms with van der Waals surface area (Å²) >= 11 is 0. The van der Waals surface area contributed by atoms with Crippen LogP contribution in [0.5, 0.6) is 0 Å². The molecular formula is C11H10FNO2. The van der Waals surface area contributed by atoms with Crippen LogP contribution in [-0.2, 0) is 15.1 Å². The molecule has 1 aromatic carbocycles. The fraction of sp³-hybridized carbons (Fsp3) is 0.364. The number of fused-ring (bicyclic) bond motifs is 2. The third kappa shape index (κ3) is 0.855. The molecule has 1 saturated heterocycles. The first-order valence-electron chi connectivity index (χ1n) is 4.83. The number of hydrogen-bond donors (Lipinski definition) is 0. The Morgan fingerprint density at radius 1 is 1.53 bits per heavy atom. The SMILES string of the molecule is C[C@@H]1O[C@]12C(=O)N(C)c1ccc(F)cc12. The predicted molar refractivity (Wildman–Crippen MR) is 52.0 cm³/mol. The van der Waals surface area contributed by atoms with Crippen molar-refractivity contribution < 1.29 is 13.9 Å². The molecule has 2 aliphatic heterocycles. The van der Waals surface area contributed by atoms with E-state index in [1.807, 2.05) is 6.92 Å². The second-order valence-corrected chi connectivity index (χ2v) is 4.02. The van der Waals surface area contributed by atoms with Crippen molar-refractivity contribution in [2.24, 2.45) is 0 Å². The molecule has 0 N–H and O–H groups in total. The first-order valence-corrected chi connectivity index (χ1v) is 4.83. The van der Waals surface area contributed by atoms with Gasteiger partial charge in [-0.2, -0.15) is 0 Å². The van der Waals surface area contributed by atoms with E-state index in [-0.39, 0.29) is 17.8 Å². The number of ether oxygens (including phenoxy) is 1. The number of rotatable bonds is 0. The van der Waals surface area contributed by atoms with E-state index in [1.54, 1.807) is 13.1 Å². The zero-order valence-electron chi connectivity index (χ0n) is 8.45. The lowest BCUT2D eigenvalue weighted by molar-refractivity contribution is -0.122. The van der Waals surface area contributed by atoms with Crippen LogP contribution < -0.4 is 4.90 Å². The van der Waals surface area contributed by atoms with E-state index in [9.17, 15) is 9.18 Å². The van der Waals surface area contributed by atoms with E-state index in [0.717, 1.165) is 5.69 Å². The average molecular weight is 207 g/mol. The fourth-order valence-electron chi connectivity index (χ4n) is 2.32. The van der Waals surface area contributed by atoms with Gasteiger partial charge in [0, 0.05) is 12.6 Å². The van der Waals surface area contributed by atoms with Crippen molar-refractivity contribution in [2.75, 3.05) is 11.9 Å². The highest BCUT2D eigenvalue weighted by molar-refractivity contribution is 6.08. The lowest BCUT2D eigenvalue weighted by Crippen LogP contribution is -2.30. The molecule has 78 valence electrons. The number of epoxide rings is 1. The van der Waals surface area contributed by atoms with Crippen molar-refractivity contribution in [1.29, 1.82) is 0 Å². The van der Waals surface area contributed by atoms with E-state index in [4.69, 9.17) is 4.74 Å². The summed E-state index contributed by atoms with van der Waals surface area (Å²) in [5, 5.41) is 0. The summed E-state index contributed by atoms with van der Waals surface area (Å²) in [5.74, 6) is -0.436. The van der Waals surface area contributed by atoms with Gasteiger partial charge in [0.1, 0.15) is 5.82 Å². The zero-order valence-corrected chi connectivity index (χ0v) is 8.45. The van der Waals surface area contributed by atoms with Crippen LogP contribution in [-0.4, -0.2) is 19.1 Å². The van der Waals surface area contributed by atoms with Crippen LogP contribution in [0.4, 0.5) is 10.1 Å². The van der Waals surface area contributed by atoms with Crippen molar-refractivity contribution in [2.45, 2.75) is 18.6 Å². The number of benzene rings is 1. The summed E-state index contributed by atoms with van der Waals surface area (Å²) in [7, 11) is 1.68. The topological polar surface area (TPSA) is 32.8 Å². The second kappa shape index (κ2) is 2.39. The minimum absolute atomic E-state index is 0.101. The van der Waals surface area contributed by atoms with Crippen LogP contribution in [0.25, 0.3) is 0 Å². The van der Waals surface area contributed by atoms with E-state index < -0.39 is 5.60 Å². The molecule has 0 saturated carbocycles.